The van der Waals surface area contributed by atoms with Crippen molar-refractivity contribution in [3.63, 3.8) is 0 Å². The second-order valence-electron chi connectivity index (χ2n) is 5.26. The van der Waals surface area contributed by atoms with Crippen molar-refractivity contribution in [2.75, 3.05) is 33.4 Å². The van der Waals surface area contributed by atoms with Crippen LogP contribution >= 0.6 is 0 Å². The molecule has 2 heterocycles. The maximum Gasteiger partial charge on any atom is 0.147 e. The van der Waals surface area contributed by atoms with Crippen molar-refractivity contribution < 1.29 is 9.47 Å². The van der Waals surface area contributed by atoms with Gasteiger partial charge in [-0.25, -0.2) is 0 Å². The lowest BCUT2D eigenvalue weighted by Gasteiger charge is -2.32. The van der Waals surface area contributed by atoms with Crippen LogP contribution in [0.5, 0.6) is 0 Å². The van der Waals surface area contributed by atoms with Crippen molar-refractivity contribution in [3.8, 4) is 0 Å². The first-order valence-corrected chi connectivity index (χ1v) is 6.92. The summed E-state index contributed by atoms with van der Waals surface area (Å²) < 4.78 is 13.0. The number of ether oxygens (including phenoxy) is 2. The van der Waals surface area contributed by atoms with Crippen molar-refractivity contribution in [1.29, 1.82) is 0 Å². The zero-order valence-corrected chi connectivity index (χ0v) is 12.1. The predicted molar refractivity (Wildman–Crippen MR) is 71.9 cm³/mol. The fourth-order valence-electron chi connectivity index (χ4n) is 2.36. The molecule has 1 saturated heterocycles. The van der Waals surface area contributed by atoms with E-state index in [0.717, 1.165) is 45.1 Å². The summed E-state index contributed by atoms with van der Waals surface area (Å²) in [5.74, 6) is 1.03. The summed E-state index contributed by atoms with van der Waals surface area (Å²) >= 11 is 0. The Morgan fingerprint density at radius 2 is 2.37 bits per heavy atom. The van der Waals surface area contributed by atoms with Crippen molar-refractivity contribution in [2.45, 2.75) is 39.0 Å². The third-order valence-corrected chi connectivity index (χ3v) is 3.44. The van der Waals surface area contributed by atoms with Gasteiger partial charge < -0.3 is 14.0 Å². The fourth-order valence-corrected chi connectivity index (χ4v) is 2.36. The van der Waals surface area contributed by atoms with Crippen molar-refractivity contribution in [3.05, 3.63) is 12.2 Å². The highest BCUT2D eigenvalue weighted by molar-refractivity contribution is 4.89. The zero-order chi connectivity index (χ0) is 13.7. The van der Waals surface area contributed by atoms with Crippen LogP contribution in [-0.4, -0.2) is 59.2 Å². The Balaban J connectivity index is 1.89. The molecule has 1 aliphatic rings. The van der Waals surface area contributed by atoms with Gasteiger partial charge in [-0.1, -0.05) is 0 Å². The van der Waals surface area contributed by atoms with Gasteiger partial charge in [0.15, 0.2) is 0 Å². The molecule has 6 heteroatoms. The highest BCUT2D eigenvalue weighted by Crippen LogP contribution is 2.13. The van der Waals surface area contributed by atoms with Crippen LogP contribution in [0.2, 0.25) is 0 Å². The Labute approximate surface area is 114 Å². The molecule has 1 fully saturated rings. The van der Waals surface area contributed by atoms with Crippen LogP contribution in [0.4, 0.5) is 0 Å². The van der Waals surface area contributed by atoms with Crippen LogP contribution in [0.3, 0.4) is 0 Å². The molecule has 19 heavy (non-hydrogen) atoms. The number of nitrogens with zero attached hydrogens (tertiary/aromatic N) is 4. The molecule has 0 amide bonds. The molecule has 0 bridgehead atoms. The first-order chi connectivity index (χ1) is 9.20. The van der Waals surface area contributed by atoms with E-state index in [2.05, 4.69) is 33.5 Å². The molecule has 1 unspecified atom stereocenters. The molecule has 0 spiro atoms. The Kier molecular flexibility index (Phi) is 5.30. The maximum atomic E-state index is 5.74. The van der Waals surface area contributed by atoms with Crippen LogP contribution in [0.15, 0.2) is 6.33 Å². The Bertz CT molecular complexity index is 380. The third-order valence-electron chi connectivity index (χ3n) is 3.44. The highest BCUT2D eigenvalue weighted by Gasteiger charge is 2.22. The number of hydrogen-bond acceptors (Lipinski definition) is 5. The standard InChI is InChI=1S/C13H24N4O2/c1-11(2)17-10-14-15-13(17)9-16-5-7-19-12(8-16)4-6-18-3/h10-12H,4-9H2,1-3H3. The molecule has 0 aromatic carbocycles. The lowest BCUT2D eigenvalue weighted by atomic mass is 10.2. The summed E-state index contributed by atoms with van der Waals surface area (Å²) in [5.41, 5.74) is 0. The average molecular weight is 268 g/mol. The van der Waals surface area contributed by atoms with E-state index < -0.39 is 0 Å². The minimum Gasteiger partial charge on any atom is -0.385 e. The fraction of sp³-hybridized carbons (Fsp3) is 0.846. The molecule has 1 aliphatic heterocycles. The minimum atomic E-state index is 0.268. The quantitative estimate of drug-likeness (QED) is 0.773. The lowest BCUT2D eigenvalue weighted by molar-refractivity contribution is -0.0442. The number of aromatic nitrogens is 3. The van der Waals surface area contributed by atoms with Crippen molar-refractivity contribution in [1.82, 2.24) is 19.7 Å². The van der Waals surface area contributed by atoms with E-state index in [1.54, 1.807) is 7.11 Å². The number of rotatable bonds is 6. The molecule has 2 rings (SSSR count). The monoisotopic (exact) mass is 268 g/mol. The van der Waals surface area contributed by atoms with E-state index in [9.17, 15) is 0 Å². The van der Waals surface area contributed by atoms with Crippen LogP contribution in [0, 0.1) is 0 Å². The van der Waals surface area contributed by atoms with Gasteiger partial charge in [-0.05, 0) is 20.3 Å². The molecule has 0 N–H and O–H groups in total. The highest BCUT2D eigenvalue weighted by atomic mass is 16.5. The van der Waals surface area contributed by atoms with E-state index in [0.29, 0.717) is 6.04 Å². The average Bonchev–Trinajstić information content (AvgIpc) is 2.85. The van der Waals surface area contributed by atoms with Gasteiger partial charge in [0.05, 0.1) is 19.3 Å². The van der Waals surface area contributed by atoms with E-state index in [-0.39, 0.29) is 6.10 Å². The SMILES string of the molecule is COCCC1CN(Cc2nncn2C(C)C)CCO1. The third kappa shape index (κ3) is 3.99. The molecular weight excluding hydrogens is 244 g/mol. The Morgan fingerprint density at radius 3 is 3.11 bits per heavy atom. The van der Waals surface area contributed by atoms with Gasteiger partial charge >= 0.3 is 0 Å². The molecule has 1 aromatic heterocycles. The molecule has 0 aliphatic carbocycles. The Hall–Kier alpha value is -0.980. The first-order valence-electron chi connectivity index (χ1n) is 6.92. The zero-order valence-electron chi connectivity index (χ0n) is 12.1. The van der Waals surface area contributed by atoms with Gasteiger partial charge in [-0.15, -0.1) is 10.2 Å². The smallest absolute Gasteiger partial charge is 0.147 e. The topological polar surface area (TPSA) is 52.4 Å². The van der Waals surface area contributed by atoms with Crippen molar-refractivity contribution in [2.24, 2.45) is 0 Å². The first kappa shape index (κ1) is 14.4. The molecule has 1 atom stereocenters. The molecule has 0 radical (unpaired) electrons. The summed E-state index contributed by atoms with van der Waals surface area (Å²) in [5, 5.41) is 8.24. The normalized spacial score (nSPS) is 21.2. The summed E-state index contributed by atoms with van der Waals surface area (Å²) in [6, 6.07) is 0.398. The van der Waals surface area contributed by atoms with Crippen LogP contribution in [0.1, 0.15) is 32.1 Å². The summed E-state index contributed by atoms with van der Waals surface area (Å²) in [4.78, 5) is 2.38. The summed E-state index contributed by atoms with van der Waals surface area (Å²) in [6.07, 6.45) is 3.02. The van der Waals surface area contributed by atoms with Gasteiger partial charge in [0.1, 0.15) is 12.2 Å². The summed E-state index contributed by atoms with van der Waals surface area (Å²) in [7, 11) is 1.73. The molecule has 108 valence electrons. The number of methoxy groups -OCH3 is 1. The predicted octanol–water partition coefficient (Wildman–Crippen LogP) is 1.10. The van der Waals surface area contributed by atoms with Gasteiger partial charge in [0.2, 0.25) is 0 Å². The van der Waals surface area contributed by atoms with Crippen molar-refractivity contribution >= 4 is 0 Å². The van der Waals surface area contributed by atoms with Gasteiger partial charge in [0, 0.05) is 32.8 Å². The van der Waals surface area contributed by atoms with Gasteiger partial charge in [0.25, 0.3) is 0 Å². The number of hydrogen-bond donors (Lipinski definition) is 0. The number of morpholine rings is 1. The van der Waals surface area contributed by atoms with E-state index >= 15 is 0 Å². The lowest BCUT2D eigenvalue weighted by Crippen LogP contribution is -2.42. The largest absolute Gasteiger partial charge is 0.385 e. The molecule has 6 nitrogen and oxygen atoms in total. The summed E-state index contributed by atoms with van der Waals surface area (Å²) in [6.45, 7) is 8.56. The van der Waals surface area contributed by atoms with E-state index in [1.807, 2.05) is 6.33 Å². The maximum absolute atomic E-state index is 5.74. The van der Waals surface area contributed by atoms with Crippen LogP contribution < -0.4 is 0 Å². The second kappa shape index (κ2) is 6.98. The molecular formula is C13H24N4O2. The van der Waals surface area contributed by atoms with Gasteiger partial charge in [-0.2, -0.15) is 0 Å². The van der Waals surface area contributed by atoms with Crippen LogP contribution in [-0.2, 0) is 16.0 Å². The van der Waals surface area contributed by atoms with E-state index in [1.165, 1.54) is 0 Å². The molecule has 0 saturated carbocycles. The van der Waals surface area contributed by atoms with E-state index in [4.69, 9.17) is 9.47 Å². The molecule has 1 aromatic rings. The minimum absolute atomic E-state index is 0.268. The Morgan fingerprint density at radius 1 is 1.53 bits per heavy atom. The second-order valence-corrected chi connectivity index (χ2v) is 5.26. The van der Waals surface area contributed by atoms with Gasteiger partial charge in [-0.3, -0.25) is 4.90 Å². The van der Waals surface area contributed by atoms with Crippen LogP contribution in [0.25, 0.3) is 0 Å².